The van der Waals surface area contributed by atoms with Gasteiger partial charge >= 0.3 is 10.2 Å². The van der Waals surface area contributed by atoms with E-state index >= 15 is 0 Å². The fourth-order valence-electron chi connectivity index (χ4n) is 3.69. The summed E-state index contributed by atoms with van der Waals surface area (Å²) in [7, 11) is -2.22. The largest absolute Gasteiger partial charge is 0.497 e. The Bertz CT molecular complexity index is 1140. The average molecular weight is 448 g/mol. The lowest BCUT2D eigenvalue weighted by Crippen LogP contribution is -2.33. The molecule has 158 valence electrons. The van der Waals surface area contributed by atoms with Crippen LogP contribution in [0.1, 0.15) is 28.6 Å². The molecule has 1 atom stereocenters. The Hall–Kier alpha value is -2.55. The van der Waals surface area contributed by atoms with Gasteiger partial charge in [-0.05, 0) is 55.8 Å². The Morgan fingerprint density at radius 1 is 1.20 bits per heavy atom. The molecule has 1 aliphatic rings. The van der Waals surface area contributed by atoms with Crippen molar-refractivity contribution in [2.75, 3.05) is 18.0 Å². The van der Waals surface area contributed by atoms with Crippen molar-refractivity contribution in [1.82, 2.24) is 9.46 Å². The summed E-state index contributed by atoms with van der Waals surface area (Å²) in [5.74, 6) is 1.29. The normalized spacial score (nSPS) is 18.7. The molecule has 1 aromatic heterocycles. The molecule has 1 aliphatic heterocycles. The van der Waals surface area contributed by atoms with E-state index in [2.05, 4.69) is 5.16 Å². The third-order valence-electron chi connectivity index (χ3n) is 5.31. The van der Waals surface area contributed by atoms with Gasteiger partial charge in [-0.1, -0.05) is 28.9 Å². The highest BCUT2D eigenvalue weighted by Crippen LogP contribution is 2.40. The number of methoxy groups -OCH3 is 1. The highest BCUT2D eigenvalue weighted by Gasteiger charge is 2.45. The van der Waals surface area contributed by atoms with Crippen LogP contribution in [0.3, 0.4) is 0 Å². The predicted octanol–water partition coefficient (Wildman–Crippen LogP) is 4.26. The van der Waals surface area contributed by atoms with E-state index in [9.17, 15) is 8.42 Å². The third kappa shape index (κ3) is 3.66. The smallest absolute Gasteiger partial charge is 0.305 e. The molecule has 0 N–H and O–H groups in total. The van der Waals surface area contributed by atoms with Crippen molar-refractivity contribution in [2.24, 2.45) is 0 Å². The second-order valence-electron chi connectivity index (χ2n) is 7.17. The molecular formula is C21H22ClN3O4S. The van der Waals surface area contributed by atoms with Crippen LogP contribution in [0.5, 0.6) is 5.75 Å². The van der Waals surface area contributed by atoms with Gasteiger partial charge < -0.3 is 9.26 Å². The summed E-state index contributed by atoms with van der Waals surface area (Å²) in [6, 6.07) is 13.8. The van der Waals surface area contributed by atoms with E-state index in [1.165, 1.54) is 8.61 Å². The highest BCUT2D eigenvalue weighted by molar-refractivity contribution is 7.90. The minimum atomic E-state index is -3.81. The standard InChI is InChI=1S/C21H22ClN3O4S/c1-14-20(15(2)29-23-14)12-24-13-21(16-5-4-6-19(11-16)28-3)25(30(24,26)27)18-9-7-17(22)8-10-18/h4-11,21H,12-13H2,1-3H3/t21-/m1/s1. The summed E-state index contributed by atoms with van der Waals surface area (Å²) < 4.78 is 40.7. The summed E-state index contributed by atoms with van der Waals surface area (Å²) in [5.41, 5.74) is 2.86. The number of benzene rings is 2. The molecule has 0 unspecified atom stereocenters. The number of aryl methyl sites for hydroxylation is 2. The molecule has 3 aromatic rings. The summed E-state index contributed by atoms with van der Waals surface area (Å²) in [6.07, 6.45) is 0. The van der Waals surface area contributed by atoms with Gasteiger partial charge in [0.2, 0.25) is 0 Å². The molecule has 4 rings (SSSR count). The molecule has 0 spiro atoms. The number of rotatable bonds is 5. The van der Waals surface area contributed by atoms with Gasteiger partial charge in [0.05, 0.1) is 24.5 Å². The molecule has 7 nitrogen and oxygen atoms in total. The minimum Gasteiger partial charge on any atom is -0.497 e. The molecule has 2 heterocycles. The summed E-state index contributed by atoms with van der Waals surface area (Å²) >= 11 is 6.03. The summed E-state index contributed by atoms with van der Waals surface area (Å²) in [6.45, 7) is 4.07. The van der Waals surface area contributed by atoms with Crippen LogP contribution in [0.15, 0.2) is 53.1 Å². The first kappa shape index (κ1) is 20.7. The minimum absolute atomic E-state index is 0.189. The van der Waals surface area contributed by atoms with Gasteiger partial charge in [-0.15, -0.1) is 0 Å². The van der Waals surface area contributed by atoms with Crippen molar-refractivity contribution >= 4 is 27.5 Å². The van der Waals surface area contributed by atoms with Gasteiger partial charge in [-0.2, -0.15) is 12.7 Å². The van der Waals surface area contributed by atoms with E-state index < -0.39 is 16.3 Å². The molecule has 30 heavy (non-hydrogen) atoms. The van der Waals surface area contributed by atoms with Gasteiger partial charge in [-0.25, -0.2) is 4.31 Å². The summed E-state index contributed by atoms with van der Waals surface area (Å²) in [4.78, 5) is 0. The van der Waals surface area contributed by atoms with Crippen molar-refractivity contribution in [3.8, 4) is 5.75 Å². The Balaban J connectivity index is 1.79. The van der Waals surface area contributed by atoms with E-state index in [0.717, 1.165) is 11.1 Å². The predicted molar refractivity (Wildman–Crippen MR) is 115 cm³/mol. The van der Waals surface area contributed by atoms with Crippen LogP contribution in [0.25, 0.3) is 0 Å². The molecule has 0 bridgehead atoms. The summed E-state index contributed by atoms with van der Waals surface area (Å²) in [5, 5.41) is 4.49. The van der Waals surface area contributed by atoms with Gasteiger partial charge in [-0.3, -0.25) is 0 Å². The van der Waals surface area contributed by atoms with E-state index in [0.29, 0.717) is 27.9 Å². The number of aromatic nitrogens is 1. The Morgan fingerprint density at radius 2 is 1.93 bits per heavy atom. The van der Waals surface area contributed by atoms with Gasteiger partial charge in [0, 0.05) is 23.7 Å². The molecule has 1 fully saturated rings. The van der Waals surface area contributed by atoms with Gasteiger partial charge in [0.25, 0.3) is 0 Å². The first-order valence-corrected chi connectivity index (χ1v) is 11.2. The van der Waals surface area contributed by atoms with E-state index in [-0.39, 0.29) is 13.1 Å². The topological polar surface area (TPSA) is 75.9 Å². The quantitative estimate of drug-likeness (QED) is 0.584. The van der Waals surface area contributed by atoms with Crippen molar-refractivity contribution in [3.05, 3.63) is 76.1 Å². The number of hydrogen-bond acceptors (Lipinski definition) is 5. The van der Waals surface area contributed by atoms with Crippen LogP contribution in [-0.4, -0.2) is 31.5 Å². The van der Waals surface area contributed by atoms with Crippen molar-refractivity contribution in [2.45, 2.75) is 26.4 Å². The fourth-order valence-corrected chi connectivity index (χ4v) is 5.58. The lowest BCUT2D eigenvalue weighted by atomic mass is 10.1. The third-order valence-corrected chi connectivity index (χ3v) is 7.46. The zero-order chi connectivity index (χ0) is 21.5. The second kappa shape index (κ2) is 7.94. The van der Waals surface area contributed by atoms with E-state index in [1.54, 1.807) is 38.3 Å². The molecule has 0 aliphatic carbocycles. The highest BCUT2D eigenvalue weighted by atomic mass is 35.5. The SMILES string of the molecule is COc1cccc([C@H]2CN(Cc3c(C)noc3C)S(=O)(=O)N2c2ccc(Cl)cc2)c1. The average Bonchev–Trinajstić information content (AvgIpc) is 3.19. The molecule has 2 aromatic carbocycles. The first-order valence-electron chi connectivity index (χ1n) is 9.42. The van der Waals surface area contributed by atoms with Crippen molar-refractivity contribution < 1.29 is 17.7 Å². The molecule has 0 radical (unpaired) electrons. The maximum absolute atomic E-state index is 13.6. The van der Waals surface area contributed by atoms with Crippen LogP contribution < -0.4 is 9.04 Å². The van der Waals surface area contributed by atoms with Gasteiger partial charge in [0.1, 0.15) is 11.5 Å². The van der Waals surface area contributed by atoms with Crippen LogP contribution >= 0.6 is 11.6 Å². The van der Waals surface area contributed by atoms with Gasteiger partial charge in [0.15, 0.2) is 0 Å². The molecule has 0 saturated carbocycles. The Morgan fingerprint density at radius 3 is 2.57 bits per heavy atom. The number of nitrogens with zero attached hydrogens (tertiary/aromatic N) is 3. The maximum Gasteiger partial charge on any atom is 0.305 e. The van der Waals surface area contributed by atoms with E-state index in [4.69, 9.17) is 20.9 Å². The zero-order valence-corrected chi connectivity index (χ0v) is 18.4. The van der Waals surface area contributed by atoms with E-state index in [1.807, 2.05) is 31.2 Å². The molecule has 1 saturated heterocycles. The molecular weight excluding hydrogens is 426 g/mol. The number of anilines is 1. The molecule has 0 amide bonds. The lowest BCUT2D eigenvalue weighted by Gasteiger charge is -2.25. The van der Waals surface area contributed by atoms with Crippen LogP contribution in [0.4, 0.5) is 5.69 Å². The number of ether oxygens (including phenoxy) is 1. The Labute approximate surface area is 181 Å². The van der Waals surface area contributed by atoms with Crippen LogP contribution in [0, 0.1) is 13.8 Å². The van der Waals surface area contributed by atoms with Crippen LogP contribution in [0.2, 0.25) is 5.02 Å². The maximum atomic E-state index is 13.6. The lowest BCUT2D eigenvalue weighted by molar-refractivity contribution is 0.387. The first-order chi connectivity index (χ1) is 14.3. The monoisotopic (exact) mass is 447 g/mol. The molecule has 9 heteroatoms. The second-order valence-corrected chi connectivity index (χ2v) is 9.41. The zero-order valence-electron chi connectivity index (χ0n) is 16.9. The van der Waals surface area contributed by atoms with Crippen molar-refractivity contribution in [3.63, 3.8) is 0 Å². The number of hydrogen-bond donors (Lipinski definition) is 0. The van der Waals surface area contributed by atoms with Crippen LogP contribution in [-0.2, 0) is 16.8 Å². The fraction of sp³-hybridized carbons (Fsp3) is 0.286. The number of halogens is 1. The Kier molecular flexibility index (Phi) is 5.48. The van der Waals surface area contributed by atoms with Crippen molar-refractivity contribution in [1.29, 1.82) is 0 Å².